The minimum absolute atomic E-state index is 0.392. The Morgan fingerprint density at radius 3 is 2.45 bits per heavy atom. The van der Waals surface area contributed by atoms with Crippen molar-refractivity contribution in [2.75, 3.05) is 0 Å². The summed E-state index contributed by atoms with van der Waals surface area (Å²) in [7, 11) is 0. The van der Waals surface area contributed by atoms with Crippen molar-refractivity contribution in [2.24, 2.45) is 5.84 Å². The Bertz CT molecular complexity index is 223. The summed E-state index contributed by atoms with van der Waals surface area (Å²) >= 11 is 0. The molecule has 0 saturated carbocycles. The van der Waals surface area contributed by atoms with Crippen LogP contribution >= 0.6 is 0 Å². The second kappa shape index (κ2) is 3.85. The second-order valence-corrected chi connectivity index (χ2v) is 2.19. The maximum Gasteiger partial charge on any atom is 0.142 e. The van der Waals surface area contributed by atoms with E-state index in [9.17, 15) is 4.79 Å². The summed E-state index contributed by atoms with van der Waals surface area (Å²) in [5, 5.41) is 0. The minimum Gasteiger partial charge on any atom is -0.301 e. The molecule has 0 spiro atoms. The van der Waals surface area contributed by atoms with Gasteiger partial charge in [-0.3, -0.25) is 5.84 Å². The molecule has 0 heterocycles. The molecule has 0 aliphatic carbocycles. The van der Waals surface area contributed by atoms with E-state index in [0.717, 1.165) is 11.8 Å². The van der Waals surface area contributed by atoms with Crippen molar-refractivity contribution in [1.82, 2.24) is 5.43 Å². The molecule has 0 aromatic heterocycles. The van der Waals surface area contributed by atoms with Gasteiger partial charge in [-0.1, -0.05) is 30.3 Å². The zero-order valence-corrected chi connectivity index (χ0v) is 6.03. The number of nitrogens with two attached hydrogens (primary N) is 1. The van der Waals surface area contributed by atoms with Gasteiger partial charge >= 0.3 is 0 Å². The molecule has 3 heteroatoms. The molecular formula is C8H10N2O. The number of benzene rings is 1. The van der Waals surface area contributed by atoms with Crippen LogP contribution in [0.1, 0.15) is 11.6 Å². The average Bonchev–Trinajstić information content (AvgIpc) is 2.09. The predicted octanol–water partition coefficient (Wildman–Crippen LogP) is 0.390. The van der Waals surface area contributed by atoms with Gasteiger partial charge in [0.05, 0.1) is 0 Å². The molecule has 1 aromatic rings. The van der Waals surface area contributed by atoms with E-state index in [1.165, 1.54) is 0 Å². The van der Waals surface area contributed by atoms with E-state index in [2.05, 4.69) is 5.43 Å². The Balaban J connectivity index is 2.82. The fourth-order valence-corrected chi connectivity index (χ4v) is 0.874. The molecule has 0 bridgehead atoms. The molecule has 58 valence electrons. The van der Waals surface area contributed by atoms with Crippen LogP contribution in [0.5, 0.6) is 0 Å². The number of carbonyl (C=O) groups is 1. The number of hydrogen-bond donors (Lipinski definition) is 2. The van der Waals surface area contributed by atoms with Gasteiger partial charge in [-0.2, -0.15) is 0 Å². The van der Waals surface area contributed by atoms with Crippen molar-refractivity contribution in [3.05, 3.63) is 35.9 Å². The van der Waals surface area contributed by atoms with E-state index in [1.807, 2.05) is 30.3 Å². The van der Waals surface area contributed by atoms with Crippen LogP contribution in [0.4, 0.5) is 0 Å². The quantitative estimate of drug-likeness (QED) is 0.372. The zero-order valence-electron chi connectivity index (χ0n) is 6.03. The lowest BCUT2D eigenvalue weighted by molar-refractivity contribution is -0.109. The van der Waals surface area contributed by atoms with Gasteiger partial charge in [0.25, 0.3) is 0 Å². The molecule has 0 fully saturated rings. The number of nitrogens with one attached hydrogen (secondary N) is 1. The van der Waals surface area contributed by atoms with Gasteiger partial charge in [0, 0.05) is 0 Å². The smallest absolute Gasteiger partial charge is 0.142 e. The van der Waals surface area contributed by atoms with Crippen LogP contribution < -0.4 is 11.3 Å². The van der Waals surface area contributed by atoms with Gasteiger partial charge in [0.2, 0.25) is 0 Å². The number of rotatable bonds is 3. The van der Waals surface area contributed by atoms with E-state index in [1.54, 1.807) is 0 Å². The fraction of sp³-hybridized carbons (Fsp3) is 0.125. The van der Waals surface area contributed by atoms with Crippen molar-refractivity contribution < 1.29 is 4.79 Å². The minimum atomic E-state index is -0.392. The molecule has 0 aliphatic rings. The second-order valence-electron chi connectivity index (χ2n) is 2.19. The highest BCUT2D eigenvalue weighted by Crippen LogP contribution is 2.07. The van der Waals surface area contributed by atoms with E-state index in [4.69, 9.17) is 5.84 Å². The van der Waals surface area contributed by atoms with E-state index in [-0.39, 0.29) is 0 Å². The third-order valence-electron chi connectivity index (χ3n) is 1.47. The molecule has 1 atom stereocenters. The summed E-state index contributed by atoms with van der Waals surface area (Å²) in [4.78, 5) is 10.4. The molecule has 11 heavy (non-hydrogen) atoms. The Hall–Kier alpha value is -1.19. The van der Waals surface area contributed by atoms with Crippen LogP contribution in [0, 0.1) is 0 Å². The standard InChI is InChI=1S/C8H10N2O/c9-10-8(6-11)7-4-2-1-3-5-7/h1-6,8,10H,9H2. The number of carbonyl (C=O) groups excluding carboxylic acids is 1. The first-order valence-corrected chi connectivity index (χ1v) is 3.35. The van der Waals surface area contributed by atoms with Crippen LogP contribution in [-0.2, 0) is 4.79 Å². The van der Waals surface area contributed by atoms with E-state index >= 15 is 0 Å². The number of hydrogen-bond acceptors (Lipinski definition) is 3. The largest absolute Gasteiger partial charge is 0.301 e. The van der Waals surface area contributed by atoms with Crippen molar-refractivity contribution in [2.45, 2.75) is 6.04 Å². The predicted molar refractivity (Wildman–Crippen MR) is 42.6 cm³/mol. The summed E-state index contributed by atoms with van der Waals surface area (Å²) in [6.45, 7) is 0. The lowest BCUT2D eigenvalue weighted by Gasteiger charge is -2.07. The van der Waals surface area contributed by atoms with E-state index < -0.39 is 6.04 Å². The van der Waals surface area contributed by atoms with Gasteiger partial charge in [-0.15, -0.1) is 0 Å². The monoisotopic (exact) mass is 150 g/mol. The summed E-state index contributed by atoms with van der Waals surface area (Å²) < 4.78 is 0. The van der Waals surface area contributed by atoms with Crippen molar-refractivity contribution in [1.29, 1.82) is 0 Å². The summed E-state index contributed by atoms with van der Waals surface area (Å²) in [5.74, 6) is 5.13. The van der Waals surface area contributed by atoms with Crippen molar-refractivity contribution in [3.63, 3.8) is 0 Å². The lowest BCUT2D eigenvalue weighted by atomic mass is 10.1. The molecular weight excluding hydrogens is 140 g/mol. The van der Waals surface area contributed by atoms with Crippen LogP contribution in [0.2, 0.25) is 0 Å². The van der Waals surface area contributed by atoms with Crippen molar-refractivity contribution >= 4 is 6.29 Å². The van der Waals surface area contributed by atoms with Crippen molar-refractivity contribution in [3.8, 4) is 0 Å². The van der Waals surface area contributed by atoms with Gasteiger partial charge in [0.1, 0.15) is 12.3 Å². The number of aldehydes is 1. The van der Waals surface area contributed by atoms with Crippen LogP contribution in [0.25, 0.3) is 0 Å². The lowest BCUT2D eigenvalue weighted by Crippen LogP contribution is -2.28. The Morgan fingerprint density at radius 2 is 2.00 bits per heavy atom. The van der Waals surface area contributed by atoms with Gasteiger partial charge in [-0.05, 0) is 5.56 Å². The first kappa shape index (κ1) is 7.91. The number of hydrazine groups is 1. The molecule has 1 aromatic carbocycles. The highest BCUT2D eigenvalue weighted by molar-refractivity contribution is 5.61. The first-order chi connectivity index (χ1) is 5.38. The van der Waals surface area contributed by atoms with Gasteiger partial charge < -0.3 is 4.79 Å². The third-order valence-corrected chi connectivity index (χ3v) is 1.47. The van der Waals surface area contributed by atoms with Crippen LogP contribution in [-0.4, -0.2) is 6.29 Å². The average molecular weight is 150 g/mol. The Kier molecular flexibility index (Phi) is 2.77. The van der Waals surface area contributed by atoms with Crippen LogP contribution in [0.3, 0.4) is 0 Å². The highest BCUT2D eigenvalue weighted by Gasteiger charge is 2.04. The Morgan fingerprint density at radius 1 is 1.36 bits per heavy atom. The molecule has 1 rings (SSSR count). The maximum absolute atomic E-state index is 10.4. The van der Waals surface area contributed by atoms with Gasteiger partial charge in [0.15, 0.2) is 0 Å². The zero-order chi connectivity index (χ0) is 8.10. The SMILES string of the molecule is NNC(C=O)c1ccccc1. The Labute approximate surface area is 65.2 Å². The molecule has 0 aliphatic heterocycles. The third kappa shape index (κ3) is 1.86. The maximum atomic E-state index is 10.4. The molecule has 3 nitrogen and oxygen atoms in total. The normalized spacial score (nSPS) is 12.5. The first-order valence-electron chi connectivity index (χ1n) is 3.35. The topological polar surface area (TPSA) is 55.1 Å². The van der Waals surface area contributed by atoms with Gasteiger partial charge in [-0.25, -0.2) is 5.43 Å². The fourth-order valence-electron chi connectivity index (χ4n) is 0.874. The molecule has 3 N–H and O–H groups in total. The van der Waals surface area contributed by atoms with E-state index in [0.29, 0.717) is 0 Å². The molecule has 0 radical (unpaired) electrons. The molecule has 1 unspecified atom stereocenters. The summed E-state index contributed by atoms with van der Waals surface area (Å²) in [5.41, 5.74) is 3.28. The van der Waals surface area contributed by atoms with Crippen LogP contribution in [0.15, 0.2) is 30.3 Å². The summed E-state index contributed by atoms with van der Waals surface area (Å²) in [6, 6.07) is 8.92. The summed E-state index contributed by atoms with van der Waals surface area (Å²) in [6.07, 6.45) is 0.773. The molecule has 0 amide bonds. The molecule has 0 saturated heterocycles. The highest BCUT2D eigenvalue weighted by atomic mass is 16.1.